The summed E-state index contributed by atoms with van der Waals surface area (Å²) in [5.74, 6) is -0.749. The number of nitriles is 1. The van der Waals surface area contributed by atoms with Crippen LogP contribution in [-0.4, -0.2) is 24.0 Å². The number of carbonyl (C=O) groups excluding carboxylic acids is 2. The van der Waals surface area contributed by atoms with Gasteiger partial charge in [-0.05, 0) is 72.9 Å². The number of hydrogen-bond acceptors (Lipinski definition) is 4. The van der Waals surface area contributed by atoms with E-state index in [1.54, 1.807) is 26.8 Å². The molecule has 5 nitrogen and oxygen atoms in total. The van der Waals surface area contributed by atoms with Crippen molar-refractivity contribution in [2.24, 2.45) is 0 Å². The number of carbonyl (C=O) groups is 2. The summed E-state index contributed by atoms with van der Waals surface area (Å²) in [4.78, 5) is 24.7. The number of ether oxygens (including phenoxy) is 1. The zero-order valence-electron chi connectivity index (χ0n) is 18.8. The van der Waals surface area contributed by atoms with Gasteiger partial charge in [0.25, 0.3) is 0 Å². The summed E-state index contributed by atoms with van der Waals surface area (Å²) >= 11 is 6.28. The predicted octanol–water partition coefficient (Wildman–Crippen LogP) is 5.55. The van der Waals surface area contributed by atoms with Crippen molar-refractivity contribution < 1.29 is 14.3 Å². The number of halogens is 1. The molecule has 0 aliphatic carbocycles. The Morgan fingerprint density at radius 1 is 1.00 bits per heavy atom. The molecule has 0 fully saturated rings. The smallest absolute Gasteiger partial charge is 0.331 e. The molecule has 0 bridgehead atoms. The fourth-order valence-corrected chi connectivity index (χ4v) is 3.72. The summed E-state index contributed by atoms with van der Waals surface area (Å²) in [6.07, 6.45) is 0.115. The Kier molecular flexibility index (Phi) is 7.52. The Labute approximate surface area is 199 Å². The minimum Gasteiger partial charge on any atom is -0.464 e. The van der Waals surface area contributed by atoms with E-state index in [4.69, 9.17) is 16.3 Å². The van der Waals surface area contributed by atoms with Gasteiger partial charge in [-0.2, -0.15) is 5.26 Å². The molecule has 1 amide bonds. The lowest BCUT2D eigenvalue weighted by Crippen LogP contribution is -2.51. The first kappa shape index (κ1) is 24.0. The summed E-state index contributed by atoms with van der Waals surface area (Å²) < 4.78 is 5.03. The van der Waals surface area contributed by atoms with Gasteiger partial charge >= 0.3 is 5.97 Å². The van der Waals surface area contributed by atoms with Crippen molar-refractivity contribution in [2.75, 3.05) is 6.61 Å². The zero-order valence-corrected chi connectivity index (χ0v) is 19.6. The van der Waals surface area contributed by atoms with Crippen LogP contribution in [0.4, 0.5) is 0 Å². The van der Waals surface area contributed by atoms with Gasteiger partial charge in [0.1, 0.15) is 5.54 Å². The van der Waals surface area contributed by atoms with Gasteiger partial charge < -0.3 is 10.1 Å². The van der Waals surface area contributed by atoms with Crippen LogP contribution in [-0.2, 0) is 20.7 Å². The van der Waals surface area contributed by atoms with Gasteiger partial charge in [0.2, 0.25) is 5.91 Å². The first-order chi connectivity index (χ1) is 15.7. The van der Waals surface area contributed by atoms with Crippen molar-refractivity contribution in [2.45, 2.75) is 32.7 Å². The summed E-state index contributed by atoms with van der Waals surface area (Å²) in [6.45, 7) is 5.22. The van der Waals surface area contributed by atoms with Crippen molar-refractivity contribution >= 4 is 23.5 Å². The van der Waals surface area contributed by atoms with Crippen LogP contribution in [0.3, 0.4) is 0 Å². The molecule has 3 rings (SSSR count). The quantitative estimate of drug-likeness (QED) is 0.469. The Morgan fingerprint density at radius 2 is 1.70 bits per heavy atom. The van der Waals surface area contributed by atoms with Crippen LogP contribution >= 0.6 is 11.6 Å². The highest BCUT2D eigenvalue weighted by atomic mass is 35.5. The Hall–Kier alpha value is -3.62. The van der Waals surface area contributed by atoms with E-state index in [2.05, 4.69) is 11.4 Å². The van der Waals surface area contributed by atoms with E-state index in [1.165, 1.54) is 0 Å². The second-order valence-electron chi connectivity index (χ2n) is 8.15. The minimum atomic E-state index is -1.11. The summed E-state index contributed by atoms with van der Waals surface area (Å²) in [5, 5.41) is 12.6. The fourth-order valence-electron chi connectivity index (χ4n) is 3.55. The van der Waals surface area contributed by atoms with Crippen LogP contribution in [0.15, 0.2) is 66.7 Å². The van der Waals surface area contributed by atoms with Gasteiger partial charge in [-0.15, -0.1) is 0 Å². The maximum atomic E-state index is 12.6. The molecule has 0 atom stereocenters. The average molecular weight is 461 g/mol. The molecular formula is C27H25ClN2O3. The number of rotatable bonds is 7. The molecule has 0 heterocycles. The maximum absolute atomic E-state index is 12.6. The van der Waals surface area contributed by atoms with E-state index in [0.29, 0.717) is 10.6 Å². The number of nitrogens with one attached hydrogen (secondary N) is 1. The SMILES string of the molecule is CCOC(=O)C(C)(C)NC(=O)Cc1cccc(-c2ccc(Cl)cc2-c2cccc(C#N)c2)c1. The lowest BCUT2D eigenvalue weighted by atomic mass is 9.92. The van der Waals surface area contributed by atoms with Crippen LogP contribution in [0.5, 0.6) is 0 Å². The largest absolute Gasteiger partial charge is 0.464 e. The molecule has 0 aromatic heterocycles. The molecule has 0 saturated carbocycles. The number of nitrogens with zero attached hydrogens (tertiary/aromatic N) is 1. The molecule has 3 aromatic rings. The van der Waals surface area contributed by atoms with Gasteiger partial charge in [0.05, 0.1) is 24.7 Å². The van der Waals surface area contributed by atoms with Crippen LogP contribution < -0.4 is 5.32 Å². The topological polar surface area (TPSA) is 79.2 Å². The molecule has 0 unspecified atom stereocenters. The lowest BCUT2D eigenvalue weighted by Gasteiger charge is -2.23. The molecule has 0 aliphatic rings. The van der Waals surface area contributed by atoms with Crippen molar-refractivity contribution in [3.05, 3.63) is 82.9 Å². The average Bonchev–Trinajstić information content (AvgIpc) is 2.79. The first-order valence-corrected chi connectivity index (χ1v) is 11.0. The molecule has 0 spiro atoms. The van der Waals surface area contributed by atoms with Crippen LogP contribution in [0.2, 0.25) is 5.02 Å². The van der Waals surface area contributed by atoms with Crippen LogP contribution in [0.25, 0.3) is 22.3 Å². The molecule has 33 heavy (non-hydrogen) atoms. The molecule has 0 radical (unpaired) electrons. The third kappa shape index (κ3) is 6.00. The van der Waals surface area contributed by atoms with E-state index in [1.807, 2.05) is 60.7 Å². The third-order valence-corrected chi connectivity index (χ3v) is 5.36. The van der Waals surface area contributed by atoms with E-state index in [0.717, 1.165) is 27.8 Å². The van der Waals surface area contributed by atoms with Gasteiger partial charge in [0.15, 0.2) is 0 Å². The molecule has 0 saturated heterocycles. The maximum Gasteiger partial charge on any atom is 0.331 e. The highest BCUT2D eigenvalue weighted by Gasteiger charge is 2.30. The minimum absolute atomic E-state index is 0.115. The first-order valence-electron chi connectivity index (χ1n) is 10.6. The molecule has 0 aliphatic heterocycles. The number of esters is 1. The molecule has 168 valence electrons. The van der Waals surface area contributed by atoms with Gasteiger partial charge in [-0.3, -0.25) is 4.79 Å². The number of amides is 1. The van der Waals surface area contributed by atoms with Crippen molar-refractivity contribution in [3.8, 4) is 28.3 Å². The number of benzene rings is 3. The van der Waals surface area contributed by atoms with Crippen LogP contribution in [0, 0.1) is 11.3 Å². The molecular weight excluding hydrogens is 436 g/mol. The highest BCUT2D eigenvalue weighted by Crippen LogP contribution is 2.35. The second kappa shape index (κ2) is 10.3. The van der Waals surface area contributed by atoms with Crippen molar-refractivity contribution in [1.29, 1.82) is 5.26 Å². The van der Waals surface area contributed by atoms with Crippen LogP contribution in [0.1, 0.15) is 31.9 Å². The molecule has 6 heteroatoms. The Morgan fingerprint density at radius 3 is 2.39 bits per heavy atom. The molecule has 3 aromatic carbocycles. The Balaban J connectivity index is 1.89. The zero-order chi connectivity index (χ0) is 24.0. The van der Waals surface area contributed by atoms with Gasteiger partial charge in [-0.1, -0.05) is 54.1 Å². The Bertz CT molecular complexity index is 1230. The monoisotopic (exact) mass is 460 g/mol. The summed E-state index contributed by atoms with van der Waals surface area (Å²) in [6, 6.07) is 22.8. The van der Waals surface area contributed by atoms with Gasteiger partial charge in [-0.25, -0.2) is 4.79 Å². The standard InChI is InChI=1S/C27H25ClN2O3/c1-4-33-26(32)27(2,3)30-25(31)15-18-7-5-9-20(13-18)23-12-11-22(28)16-24(23)21-10-6-8-19(14-21)17-29/h5-14,16H,4,15H2,1-3H3,(H,30,31). The number of hydrogen-bond donors (Lipinski definition) is 1. The highest BCUT2D eigenvalue weighted by molar-refractivity contribution is 6.31. The van der Waals surface area contributed by atoms with E-state index in [9.17, 15) is 14.9 Å². The third-order valence-electron chi connectivity index (χ3n) is 5.12. The second-order valence-corrected chi connectivity index (χ2v) is 8.59. The predicted molar refractivity (Wildman–Crippen MR) is 130 cm³/mol. The van der Waals surface area contributed by atoms with E-state index in [-0.39, 0.29) is 18.9 Å². The van der Waals surface area contributed by atoms with Crippen molar-refractivity contribution in [1.82, 2.24) is 5.32 Å². The van der Waals surface area contributed by atoms with E-state index < -0.39 is 11.5 Å². The lowest BCUT2D eigenvalue weighted by molar-refractivity contribution is -0.151. The van der Waals surface area contributed by atoms with E-state index >= 15 is 0 Å². The fraction of sp³-hybridized carbons (Fsp3) is 0.222. The van der Waals surface area contributed by atoms with Gasteiger partial charge in [0, 0.05) is 5.02 Å². The molecule has 1 N–H and O–H groups in total. The summed E-state index contributed by atoms with van der Waals surface area (Å²) in [5.41, 5.74) is 3.88. The normalized spacial score (nSPS) is 10.9. The van der Waals surface area contributed by atoms with Crippen molar-refractivity contribution in [3.63, 3.8) is 0 Å². The summed E-state index contributed by atoms with van der Waals surface area (Å²) in [7, 11) is 0.